The SMILES string of the molecule is Cc1ccc(N(c2ccc(C)cc2)c2ccc(-c3ccc4c(c3)OS(=O)CC4)cc2)cc1.O=S1CCc2ccc(-c3ccc(N(c4ccc(Br)cc4)c4ccc(Br)cc4)cc3)cc2O1. The Morgan fingerprint density at radius 1 is 0.391 bits per heavy atom. The van der Waals surface area contributed by atoms with Gasteiger partial charge >= 0.3 is 0 Å². The van der Waals surface area contributed by atoms with E-state index in [0.29, 0.717) is 11.5 Å². The minimum absolute atomic E-state index is 0.559. The summed E-state index contributed by atoms with van der Waals surface area (Å²) in [4.78, 5) is 4.49. The van der Waals surface area contributed by atoms with Gasteiger partial charge in [0.15, 0.2) is 0 Å². The van der Waals surface area contributed by atoms with Gasteiger partial charge in [0.2, 0.25) is 22.2 Å². The van der Waals surface area contributed by atoms with E-state index >= 15 is 0 Å². The summed E-state index contributed by atoms with van der Waals surface area (Å²) >= 11 is 4.59. The van der Waals surface area contributed by atoms with E-state index in [0.717, 1.165) is 101 Å². The van der Waals surface area contributed by atoms with Crippen LogP contribution in [0.15, 0.2) is 191 Å². The van der Waals surface area contributed by atoms with Gasteiger partial charge < -0.3 is 18.2 Å². The van der Waals surface area contributed by atoms with Crippen LogP contribution in [-0.2, 0) is 35.0 Å². The lowest BCUT2D eigenvalue weighted by Crippen LogP contribution is -2.14. The standard InChI is InChI=1S/C28H25NO2S.C26H19Br2NO2S/c1-20-3-11-25(12-4-20)29(26-13-5-21(2)6-14-26)27-15-9-22(10-16-27)24-8-7-23-17-18-32(30)31-28(23)19-24;27-21-5-11-24(12-6-21)29(25-13-7-22(28)8-14-25)23-9-3-18(4-10-23)20-2-1-19-15-16-32(30)31-26(19)17-20/h3-16,19H,17-18H2,1-2H3;1-14,17H,15-16H2. The van der Waals surface area contributed by atoms with E-state index in [9.17, 15) is 8.42 Å². The summed E-state index contributed by atoms with van der Waals surface area (Å²) in [5.74, 6) is 2.58. The van der Waals surface area contributed by atoms with Crippen LogP contribution in [0.3, 0.4) is 0 Å². The molecule has 0 saturated heterocycles. The molecule has 6 nitrogen and oxygen atoms in total. The Bertz CT molecular complexity index is 2650. The van der Waals surface area contributed by atoms with Crippen LogP contribution in [0.2, 0.25) is 0 Å². The highest BCUT2D eigenvalue weighted by atomic mass is 79.9. The Morgan fingerprint density at radius 3 is 1.00 bits per heavy atom. The molecule has 0 aliphatic carbocycles. The quantitative estimate of drug-likeness (QED) is 0.151. The number of benzene rings is 8. The fourth-order valence-corrected chi connectivity index (χ4v) is 9.95. The second kappa shape index (κ2) is 19.5. The average Bonchev–Trinajstić information content (AvgIpc) is 3.32. The Balaban J connectivity index is 0.000000162. The number of hydrogen-bond acceptors (Lipinski definition) is 6. The molecule has 0 saturated carbocycles. The largest absolute Gasteiger partial charge is 0.400 e. The normalized spacial score (nSPS) is 15.0. The molecular formula is C54H44Br2N2O4S2. The van der Waals surface area contributed by atoms with Gasteiger partial charge in [-0.2, -0.15) is 0 Å². The van der Waals surface area contributed by atoms with Crippen molar-refractivity contribution in [3.8, 4) is 33.8 Å². The second-order valence-electron chi connectivity index (χ2n) is 15.7. The van der Waals surface area contributed by atoms with Crippen molar-refractivity contribution in [3.63, 3.8) is 0 Å². The predicted molar refractivity (Wildman–Crippen MR) is 273 cm³/mol. The molecule has 2 aliphatic rings. The number of halogens is 2. The van der Waals surface area contributed by atoms with Crippen molar-refractivity contribution >= 4 is 88.1 Å². The summed E-state index contributed by atoms with van der Waals surface area (Å²) in [6.07, 6.45) is 1.58. The molecule has 0 aromatic heterocycles. The van der Waals surface area contributed by atoms with Gasteiger partial charge in [0.25, 0.3) is 0 Å². The minimum atomic E-state index is -1.24. The van der Waals surface area contributed by atoms with Crippen molar-refractivity contribution in [3.05, 3.63) is 213 Å². The number of anilines is 6. The van der Waals surface area contributed by atoms with Crippen molar-refractivity contribution in [2.45, 2.75) is 26.7 Å². The molecule has 0 fully saturated rings. The van der Waals surface area contributed by atoms with Gasteiger partial charge in [0, 0.05) is 43.1 Å². The lowest BCUT2D eigenvalue weighted by molar-refractivity contribution is 0.544. The van der Waals surface area contributed by atoms with Crippen molar-refractivity contribution in [2.24, 2.45) is 0 Å². The summed E-state index contributed by atoms with van der Waals surface area (Å²) in [5, 5.41) is 0. The van der Waals surface area contributed by atoms with Crippen molar-refractivity contribution in [1.29, 1.82) is 0 Å². The Labute approximate surface area is 397 Å². The van der Waals surface area contributed by atoms with Crippen LogP contribution in [0, 0.1) is 13.8 Å². The third-order valence-corrected chi connectivity index (χ3v) is 14.1. The molecule has 2 unspecified atom stereocenters. The Kier molecular flexibility index (Phi) is 13.3. The fraction of sp³-hybridized carbons (Fsp3) is 0.111. The molecule has 0 bridgehead atoms. The van der Waals surface area contributed by atoms with E-state index in [1.54, 1.807) is 0 Å². The highest BCUT2D eigenvalue weighted by Gasteiger charge is 2.19. The summed E-state index contributed by atoms with van der Waals surface area (Å²) in [6.45, 7) is 4.21. The first kappa shape index (κ1) is 43.5. The molecule has 10 rings (SSSR count). The van der Waals surface area contributed by atoms with Gasteiger partial charge in [-0.05, 0) is 169 Å². The lowest BCUT2D eigenvalue weighted by atomic mass is 10.0. The first-order valence-electron chi connectivity index (χ1n) is 21.0. The molecule has 64 heavy (non-hydrogen) atoms. The molecule has 0 spiro atoms. The highest BCUT2D eigenvalue weighted by Crippen LogP contribution is 2.39. The maximum absolute atomic E-state index is 11.8. The van der Waals surface area contributed by atoms with E-state index in [1.807, 2.05) is 36.4 Å². The molecule has 2 heterocycles. The molecule has 8 aromatic rings. The van der Waals surface area contributed by atoms with Gasteiger partial charge in [-0.3, -0.25) is 0 Å². The van der Waals surface area contributed by atoms with E-state index in [-0.39, 0.29) is 0 Å². The number of fused-ring (bicyclic) bond motifs is 2. The third kappa shape index (κ3) is 10.1. The van der Waals surface area contributed by atoms with Crippen LogP contribution < -0.4 is 18.2 Å². The minimum Gasteiger partial charge on any atom is -0.400 e. The first-order valence-corrected chi connectivity index (χ1v) is 25.1. The summed E-state index contributed by atoms with van der Waals surface area (Å²) < 4.78 is 36.8. The Morgan fingerprint density at radius 2 is 0.672 bits per heavy atom. The monoisotopic (exact) mass is 1010 g/mol. The smallest absolute Gasteiger partial charge is 0.206 e. The zero-order valence-corrected chi connectivity index (χ0v) is 40.1. The van der Waals surface area contributed by atoms with E-state index in [4.69, 9.17) is 8.37 Å². The van der Waals surface area contributed by atoms with E-state index in [2.05, 4.69) is 201 Å². The van der Waals surface area contributed by atoms with Crippen molar-refractivity contribution in [1.82, 2.24) is 0 Å². The van der Waals surface area contributed by atoms with Crippen molar-refractivity contribution in [2.75, 3.05) is 21.3 Å². The summed E-state index contributed by atoms with van der Waals surface area (Å²) in [5.41, 5.74) is 15.6. The van der Waals surface area contributed by atoms with Crippen LogP contribution >= 0.6 is 31.9 Å². The summed E-state index contributed by atoms with van der Waals surface area (Å²) in [6, 6.07) is 63.2. The Hall–Kier alpha value is -5.78. The topological polar surface area (TPSA) is 59.1 Å². The molecule has 0 radical (unpaired) electrons. The van der Waals surface area contributed by atoms with Gasteiger partial charge in [0.05, 0.1) is 11.5 Å². The average molecular weight is 1010 g/mol. The maximum atomic E-state index is 11.8. The van der Waals surface area contributed by atoms with Gasteiger partial charge in [-0.15, -0.1) is 0 Å². The van der Waals surface area contributed by atoms with Gasteiger partial charge in [-0.1, -0.05) is 116 Å². The van der Waals surface area contributed by atoms with Gasteiger partial charge in [-0.25, -0.2) is 8.42 Å². The highest BCUT2D eigenvalue weighted by molar-refractivity contribution is 9.10. The van der Waals surface area contributed by atoms with E-state index < -0.39 is 22.2 Å². The molecule has 10 heteroatoms. The van der Waals surface area contributed by atoms with Crippen LogP contribution in [0.25, 0.3) is 22.3 Å². The third-order valence-electron chi connectivity index (χ3n) is 11.2. The second-order valence-corrected chi connectivity index (χ2v) is 19.9. The van der Waals surface area contributed by atoms with Crippen LogP contribution in [0.4, 0.5) is 34.1 Å². The maximum Gasteiger partial charge on any atom is 0.206 e. The fourth-order valence-electron chi connectivity index (χ4n) is 7.77. The first-order chi connectivity index (χ1) is 31.1. The van der Waals surface area contributed by atoms with Crippen molar-refractivity contribution < 1.29 is 16.8 Å². The molecule has 0 amide bonds. The molecule has 320 valence electrons. The number of aryl methyl sites for hydroxylation is 4. The zero-order valence-electron chi connectivity index (χ0n) is 35.2. The molecule has 2 atom stereocenters. The van der Waals surface area contributed by atoms with Crippen LogP contribution in [-0.4, -0.2) is 19.9 Å². The lowest BCUT2D eigenvalue weighted by Gasteiger charge is -2.26. The van der Waals surface area contributed by atoms with Crippen LogP contribution in [0.1, 0.15) is 22.3 Å². The summed E-state index contributed by atoms with van der Waals surface area (Å²) in [7, 11) is 0. The zero-order chi connectivity index (χ0) is 44.2. The molecular weight excluding hydrogens is 965 g/mol. The predicted octanol–water partition coefficient (Wildman–Crippen LogP) is 15.0. The number of rotatable bonds is 8. The molecule has 0 N–H and O–H groups in total. The van der Waals surface area contributed by atoms with Crippen LogP contribution in [0.5, 0.6) is 11.5 Å². The number of nitrogens with zero attached hydrogens (tertiary/aromatic N) is 2. The molecule has 8 aromatic carbocycles. The number of hydrogen-bond donors (Lipinski definition) is 0. The van der Waals surface area contributed by atoms with Gasteiger partial charge in [0.1, 0.15) is 11.5 Å². The molecule has 2 aliphatic heterocycles. The van der Waals surface area contributed by atoms with E-state index in [1.165, 1.54) is 11.1 Å².